The number of nitrogens with zero attached hydrogens (tertiary/aromatic N) is 2. The van der Waals surface area contributed by atoms with Gasteiger partial charge in [-0.05, 0) is 61.1 Å². The van der Waals surface area contributed by atoms with Crippen LogP contribution in [0.25, 0.3) is 6.08 Å². The minimum atomic E-state index is -0.667. The van der Waals surface area contributed by atoms with Gasteiger partial charge in [0.15, 0.2) is 16.3 Å². The lowest BCUT2D eigenvalue weighted by molar-refractivity contribution is -0.139. The van der Waals surface area contributed by atoms with E-state index in [4.69, 9.17) is 9.47 Å². The molecule has 38 heavy (non-hydrogen) atoms. The normalized spacial score (nSPS) is 15.3. The van der Waals surface area contributed by atoms with E-state index in [-0.39, 0.29) is 17.9 Å². The Balaban J connectivity index is 1.93. The summed E-state index contributed by atoms with van der Waals surface area (Å²) >= 11 is 1.25. The highest BCUT2D eigenvalue weighted by atomic mass is 32.1. The number of phenolic OH excluding ortho intramolecular Hbond substituents is 1. The van der Waals surface area contributed by atoms with Gasteiger partial charge in [-0.2, -0.15) is 0 Å². The van der Waals surface area contributed by atoms with Crippen LogP contribution in [-0.4, -0.2) is 29.4 Å². The SMILES string of the molecule is C=CCc1cc(C=c2sc3n(c2=O)C(c2ccc(C(C)C)cc2)C(C(=O)OCC)=C(C)N=3)cc(OC)c1O. The minimum Gasteiger partial charge on any atom is -0.504 e. The summed E-state index contributed by atoms with van der Waals surface area (Å²) in [6.07, 6.45) is 3.89. The Kier molecular flexibility index (Phi) is 8.02. The molecule has 0 amide bonds. The van der Waals surface area contributed by atoms with Crippen molar-refractivity contribution >= 4 is 23.4 Å². The number of benzene rings is 2. The quantitative estimate of drug-likeness (QED) is 0.344. The molecule has 198 valence electrons. The van der Waals surface area contributed by atoms with Crippen molar-refractivity contribution in [1.29, 1.82) is 0 Å². The second kappa shape index (κ2) is 11.2. The first-order chi connectivity index (χ1) is 18.2. The zero-order chi connectivity index (χ0) is 27.6. The van der Waals surface area contributed by atoms with Gasteiger partial charge in [0.05, 0.1) is 35.6 Å². The average molecular weight is 533 g/mol. The number of esters is 1. The number of carbonyl (C=O) groups is 1. The van der Waals surface area contributed by atoms with E-state index in [0.29, 0.717) is 49.8 Å². The molecule has 0 radical (unpaired) electrons. The molecular weight excluding hydrogens is 500 g/mol. The Bertz CT molecular complexity index is 1590. The molecule has 0 fully saturated rings. The Morgan fingerprint density at radius 1 is 1.26 bits per heavy atom. The van der Waals surface area contributed by atoms with E-state index >= 15 is 0 Å². The van der Waals surface area contributed by atoms with Gasteiger partial charge in [-0.1, -0.05) is 55.5 Å². The number of fused-ring (bicyclic) bond motifs is 1. The molecular formula is C30H32N2O5S. The summed E-state index contributed by atoms with van der Waals surface area (Å²) in [5, 5.41) is 10.5. The number of aromatic hydroxyl groups is 1. The van der Waals surface area contributed by atoms with E-state index in [9.17, 15) is 14.7 Å². The van der Waals surface area contributed by atoms with Crippen LogP contribution in [0.4, 0.5) is 0 Å². The molecule has 1 aliphatic rings. The third-order valence-electron chi connectivity index (χ3n) is 6.49. The van der Waals surface area contributed by atoms with Crippen molar-refractivity contribution in [3.63, 3.8) is 0 Å². The first-order valence-corrected chi connectivity index (χ1v) is 13.3. The van der Waals surface area contributed by atoms with Crippen LogP contribution in [-0.2, 0) is 16.0 Å². The molecule has 2 heterocycles. The van der Waals surface area contributed by atoms with Gasteiger partial charge in [-0.15, -0.1) is 6.58 Å². The number of methoxy groups -OCH3 is 1. The molecule has 1 atom stereocenters. The van der Waals surface area contributed by atoms with Crippen LogP contribution in [0.15, 0.2) is 70.1 Å². The lowest BCUT2D eigenvalue weighted by atomic mass is 9.93. The van der Waals surface area contributed by atoms with Crippen molar-refractivity contribution in [3.8, 4) is 11.5 Å². The lowest BCUT2D eigenvalue weighted by Gasteiger charge is -2.25. The number of rotatable bonds is 8. The zero-order valence-electron chi connectivity index (χ0n) is 22.3. The number of allylic oxidation sites excluding steroid dienone is 2. The van der Waals surface area contributed by atoms with Crippen molar-refractivity contribution in [2.24, 2.45) is 4.99 Å². The Morgan fingerprint density at radius 3 is 2.58 bits per heavy atom. The van der Waals surface area contributed by atoms with Gasteiger partial charge in [0.1, 0.15) is 0 Å². The summed E-state index contributed by atoms with van der Waals surface area (Å²) in [7, 11) is 1.48. The summed E-state index contributed by atoms with van der Waals surface area (Å²) in [5.74, 6) is 0.219. The summed E-state index contributed by atoms with van der Waals surface area (Å²) in [6.45, 7) is 11.7. The minimum absolute atomic E-state index is 0.0468. The van der Waals surface area contributed by atoms with E-state index < -0.39 is 12.0 Å². The van der Waals surface area contributed by atoms with E-state index in [1.807, 2.05) is 24.3 Å². The fourth-order valence-electron chi connectivity index (χ4n) is 4.56. The smallest absolute Gasteiger partial charge is 0.338 e. The van der Waals surface area contributed by atoms with Crippen molar-refractivity contribution in [3.05, 3.63) is 102 Å². The summed E-state index contributed by atoms with van der Waals surface area (Å²) in [5.41, 5.74) is 3.91. The van der Waals surface area contributed by atoms with Gasteiger partial charge in [0.2, 0.25) is 0 Å². The Morgan fingerprint density at radius 2 is 1.97 bits per heavy atom. The van der Waals surface area contributed by atoms with Crippen LogP contribution in [0.2, 0.25) is 0 Å². The number of hydrogen-bond acceptors (Lipinski definition) is 7. The molecule has 0 bridgehead atoms. The number of hydrogen-bond donors (Lipinski definition) is 1. The van der Waals surface area contributed by atoms with Gasteiger partial charge in [0, 0.05) is 5.56 Å². The van der Waals surface area contributed by atoms with Crippen molar-refractivity contribution in [2.75, 3.05) is 13.7 Å². The summed E-state index contributed by atoms with van der Waals surface area (Å²) < 4.78 is 12.7. The third-order valence-corrected chi connectivity index (χ3v) is 7.48. The predicted molar refractivity (Wildman–Crippen MR) is 149 cm³/mol. The van der Waals surface area contributed by atoms with Crippen LogP contribution < -0.4 is 19.6 Å². The highest BCUT2D eigenvalue weighted by Crippen LogP contribution is 2.33. The van der Waals surface area contributed by atoms with Crippen LogP contribution in [0.5, 0.6) is 11.5 Å². The van der Waals surface area contributed by atoms with Crippen molar-refractivity contribution < 1.29 is 19.4 Å². The number of thiazole rings is 1. The number of phenols is 1. The summed E-state index contributed by atoms with van der Waals surface area (Å²) in [6, 6.07) is 10.8. The molecule has 1 aromatic heterocycles. The van der Waals surface area contributed by atoms with Gasteiger partial charge >= 0.3 is 5.97 Å². The zero-order valence-corrected chi connectivity index (χ0v) is 23.1. The molecule has 0 saturated heterocycles. The molecule has 7 nitrogen and oxygen atoms in total. The fraction of sp³-hybridized carbons (Fsp3) is 0.300. The summed E-state index contributed by atoms with van der Waals surface area (Å²) in [4.78, 5) is 32.1. The fourth-order valence-corrected chi connectivity index (χ4v) is 5.61. The van der Waals surface area contributed by atoms with Crippen molar-refractivity contribution in [1.82, 2.24) is 4.57 Å². The largest absolute Gasteiger partial charge is 0.504 e. The molecule has 0 spiro atoms. The first-order valence-electron chi connectivity index (χ1n) is 12.5. The van der Waals surface area contributed by atoms with Gasteiger partial charge in [0.25, 0.3) is 5.56 Å². The maximum Gasteiger partial charge on any atom is 0.338 e. The standard InChI is InChI=1S/C30H32N2O5S/c1-7-9-22-14-19(15-23(36-6)27(22)33)16-24-28(34)32-26(21-12-10-20(11-13-21)17(3)4)25(29(35)37-8-2)18(5)31-30(32)38-24/h7,10-17,26,33H,1,8-9H2,2-6H3. The molecule has 1 N–H and O–H groups in total. The molecule has 3 aromatic rings. The number of aromatic nitrogens is 1. The third kappa shape index (κ3) is 5.09. The molecule has 8 heteroatoms. The van der Waals surface area contributed by atoms with E-state index in [1.165, 1.54) is 18.4 Å². The number of ether oxygens (including phenoxy) is 2. The topological polar surface area (TPSA) is 90.1 Å². The van der Waals surface area contributed by atoms with Crippen LogP contribution in [0, 0.1) is 0 Å². The van der Waals surface area contributed by atoms with E-state index in [2.05, 4.69) is 25.4 Å². The molecule has 0 aliphatic carbocycles. The molecule has 1 unspecified atom stereocenters. The maximum atomic E-state index is 13.9. The molecule has 4 rings (SSSR count). The van der Waals surface area contributed by atoms with E-state index in [0.717, 1.165) is 11.1 Å². The average Bonchev–Trinajstić information content (AvgIpc) is 3.19. The molecule has 1 aliphatic heterocycles. The van der Waals surface area contributed by atoms with Gasteiger partial charge in [-0.3, -0.25) is 9.36 Å². The van der Waals surface area contributed by atoms with Crippen LogP contribution in [0.3, 0.4) is 0 Å². The maximum absolute atomic E-state index is 13.9. The van der Waals surface area contributed by atoms with Crippen LogP contribution >= 0.6 is 11.3 Å². The van der Waals surface area contributed by atoms with E-state index in [1.54, 1.807) is 42.7 Å². The second-order valence-corrected chi connectivity index (χ2v) is 10.4. The number of carbonyl (C=O) groups excluding carboxylic acids is 1. The van der Waals surface area contributed by atoms with Gasteiger partial charge < -0.3 is 14.6 Å². The Labute approximate surface area is 225 Å². The monoisotopic (exact) mass is 532 g/mol. The molecule has 2 aromatic carbocycles. The highest BCUT2D eigenvalue weighted by molar-refractivity contribution is 7.07. The lowest BCUT2D eigenvalue weighted by Crippen LogP contribution is -2.39. The predicted octanol–water partition coefficient (Wildman–Crippen LogP) is 4.36. The highest BCUT2D eigenvalue weighted by Gasteiger charge is 2.33. The first kappa shape index (κ1) is 27.1. The Hall–Kier alpha value is -3.91. The second-order valence-electron chi connectivity index (χ2n) is 9.35. The molecule has 0 saturated carbocycles. The van der Waals surface area contributed by atoms with Gasteiger partial charge in [-0.25, -0.2) is 9.79 Å². The van der Waals surface area contributed by atoms with Crippen LogP contribution in [0.1, 0.15) is 61.9 Å². The van der Waals surface area contributed by atoms with Crippen molar-refractivity contribution in [2.45, 2.75) is 46.1 Å².